The molecule has 0 radical (unpaired) electrons. The van der Waals surface area contributed by atoms with Gasteiger partial charge in [0, 0.05) is 16.7 Å². The Bertz CT molecular complexity index is 4240. The predicted octanol–water partition coefficient (Wildman–Crippen LogP) is 11.9. The van der Waals surface area contributed by atoms with E-state index >= 15 is 0 Å². The monoisotopic (exact) mass is 1170 g/mol. The summed E-state index contributed by atoms with van der Waals surface area (Å²) in [6, 6.07) is 12.8. The number of aromatic nitrogens is 5. The smallest absolute Gasteiger partial charge is 0.295 e. The van der Waals surface area contributed by atoms with Crippen LogP contribution in [0.1, 0.15) is 98.7 Å². The van der Waals surface area contributed by atoms with E-state index in [9.17, 15) is 51.9 Å². The first kappa shape index (κ1) is 57.0. The molecular weight excluding hydrogens is 1110 g/mol. The Hall–Kier alpha value is -6.14. The van der Waals surface area contributed by atoms with Crippen LogP contribution in [0, 0.1) is 27.7 Å². The molecule has 0 fully saturated rings. The van der Waals surface area contributed by atoms with Crippen molar-refractivity contribution >= 4 is 123 Å². The average Bonchev–Trinajstić information content (AvgIpc) is 4.09. The number of nitrogens with zero attached hydrogens (tertiary/aromatic N) is 8. The lowest BCUT2D eigenvalue weighted by Gasteiger charge is -2.29. The van der Waals surface area contributed by atoms with Crippen molar-refractivity contribution in [3.05, 3.63) is 105 Å². The second kappa shape index (κ2) is 20.6. The lowest BCUT2D eigenvalue weighted by atomic mass is 9.90. The Balaban J connectivity index is 1.47. The second-order valence-corrected chi connectivity index (χ2v) is 26.8. The van der Waals surface area contributed by atoms with Crippen molar-refractivity contribution in [1.29, 1.82) is 0 Å². The highest BCUT2D eigenvalue weighted by atomic mass is 32.2. The fourth-order valence-electron chi connectivity index (χ4n) is 9.49. The summed E-state index contributed by atoms with van der Waals surface area (Å²) in [5.74, 6) is 0.318. The molecule has 5 N–H and O–H groups in total. The third-order valence-electron chi connectivity index (χ3n) is 12.8. The first-order chi connectivity index (χ1) is 35.8. The zero-order valence-corrected chi connectivity index (χ0v) is 48.5. The highest BCUT2D eigenvalue weighted by Crippen LogP contribution is 2.48. The van der Waals surface area contributed by atoms with Crippen LogP contribution >= 0.6 is 22.7 Å². The molecule has 0 bridgehead atoms. The molecule has 0 saturated carbocycles. The molecule has 0 unspecified atom stereocenters. The zero-order valence-electron chi connectivity index (χ0n) is 43.6. The first-order valence-corrected chi connectivity index (χ1v) is 31.3. The van der Waals surface area contributed by atoms with Gasteiger partial charge in [0.15, 0.2) is 16.8 Å². The number of anilines is 5. The van der Waals surface area contributed by atoms with E-state index in [0.29, 0.717) is 72.5 Å². The lowest BCUT2D eigenvalue weighted by molar-refractivity contribution is 0.479. The number of thiazole rings is 2. The van der Waals surface area contributed by atoms with Crippen LogP contribution in [-0.2, 0) is 71.6 Å². The van der Waals surface area contributed by atoms with Crippen molar-refractivity contribution in [2.75, 3.05) is 10.2 Å². The average molecular weight is 1170 g/mol. The highest BCUT2D eigenvalue weighted by molar-refractivity contribution is 7.86. The summed E-state index contributed by atoms with van der Waals surface area (Å²) in [5.41, 5.74) is 4.82. The molecule has 0 atom stereocenters. The van der Waals surface area contributed by atoms with Crippen molar-refractivity contribution in [3.8, 4) is 5.13 Å². The van der Waals surface area contributed by atoms with E-state index < -0.39 is 50.8 Å². The van der Waals surface area contributed by atoms with Gasteiger partial charge in [-0.1, -0.05) is 83.3 Å². The molecule has 0 aliphatic heterocycles. The van der Waals surface area contributed by atoms with Crippen LogP contribution in [0.3, 0.4) is 0 Å². The van der Waals surface area contributed by atoms with Crippen LogP contribution in [0.25, 0.3) is 25.6 Å². The largest absolute Gasteiger partial charge is 0.338 e. The molecule has 4 aromatic carbocycles. The van der Waals surface area contributed by atoms with Gasteiger partial charge in [0.25, 0.3) is 40.5 Å². The summed E-state index contributed by atoms with van der Waals surface area (Å²) < 4.78 is 145. The maximum Gasteiger partial charge on any atom is 0.295 e. The van der Waals surface area contributed by atoms with Crippen LogP contribution in [0.4, 0.5) is 39.6 Å². The van der Waals surface area contributed by atoms with Gasteiger partial charge >= 0.3 is 0 Å². The van der Waals surface area contributed by atoms with E-state index in [4.69, 9.17) is 30.3 Å². The SMILES string of the molecule is CCc1cc(C)c(S(=O)(=O)O)c(CC)c1Nc1nc(N(c2nc3ccc(S(=O)(=O)O)cc3s2)c2c(CC)cc(C)c(S(=O)(=O)O)c2CC)cc(C)c1N=Nc1c(C)c(C(C)(C)C)nn1-c1nc2ccc(S(=O)(=O)O)cc2s1. The summed E-state index contributed by atoms with van der Waals surface area (Å²) >= 11 is 2.10. The summed E-state index contributed by atoms with van der Waals surface area (Å²) in [5, 5.41) is 18.5. The van der Waals surface area contributed by atoms with Crippen LogP contribution in [0.15, 0.2) is 84.4 Å². The Kier molecular flexibility index (Phi) is 15.2. The van der Waals surface area contributed by atoms with Gasteiger partial charge in [0.1, 0.15) is 21.3 Å². The molecular formula is C50H55N9O12S6. The highest BCUT2D eigenvalue weighted by Gasteiger charge is 2.33. The molecule has 0 aliphatic rings. The number of benzene rings is 4. The van der Waals surface area contributed by atoms with Crippen molar-refractivity contribution < 1.29 is 51.9 Å². The second-order valence-electron chi connectivity index (χ2n) is 19.2. The summed E-state index contributed by atoms with van der Waals surface area (Å²) in [6.07, 6.45) is 0.908. The zero-order chi connectivity index (χ0) is 56.6. The van der Waals surface area contributed by atoms with E-state index in [1.54, 1.807) is 57.7 Å². The van der Waals surface area contributed by atoms with E-state index in [1.165, 1.54) is 41.1 Å². The number of fused-ring (bicyclic) bond motifs is 2. The summed E-state index contributed by atoms with van der Waals surface area (Å²) in [4.78, 5) is 15.1. The van der Waals surface area contributed by atoms with Gasteiger partial charge in [-0.05, 0) is 135 Å². The maximum atomic E-state index is 13.3. The number of nitrogens with one attached hydrogen (secondary N) is 1. The molecule has 4 heterocycles. The topological polar surface area (TPSA) is 314 Å². The van der Waals surface area contributed by atoms with Crippen LogP contribution in [-0.4, -0.2) is 76.6 Å². The molecule has 27 heteroatoms. The minimum atomic E-state index is -4.86. The molecule has 4 aromatic heterocycles. The molecule has 0 saturated heterocycles. The van der Waals surface area contributed by atoms with E-state index in [0.717, 1.165) is 22.7 Å². The van der Waals surface area contributed by atoms with Crippen LogP contribution < -0.4 is 10.2 Å². The molecule has 8 rings (SSSR count). The van der Waals surface area contributed by atoms with Gasteiger partial charge in [-0.25, -0.2) is 15.0 Å². The van der Waals surface area contributed by atoms with E-state index in [1.807, 2.05) is 41.5 Å². The third kappa shape index (κ3) is 11.0. The maximum absolute atomic E-state index is 13.3. The van der Waals surface area contributed by atoms with Crippen molar-refractivity contribution in [2.24, 2.45) is 10.2 Å². The van der Waals surface area contributed by atoms with Crippen molar-refractivity contribution in [3.63, 3.8) is 0 Å². The molecule has 0 aliphatic carbocycles. The molecule has 8 aromatic rings. The minimum absolute atomic E-state index is 0.00577. The quantitative estimate of drug-likeness (QED) is 0.0443. The summed E-state index contributed by atoms with van der Waals surface area (Å²) in [6.45, 7) is 19.8. The normalized spacial score (nSPS) is 12.9. The molecule has 0 amide bonds. The molecule has 77 heavy (non-hydrogen) atoms. The summed E-state index contributed by atoms with van der Waals surface area (Å²) in [7, 11) is -18.9. The number of aryl methyl sites for hydroxylation is 5. The first-order valence-electron chi connectivity index (χ1n) is 23.9. The third-order valence-corrected chi connectivity index (χ3v) is 18.7. The number of hydrogen-bond acceptors (Lipinski definition) is 18. The minimum Gasteiger partial charge on any atom is -0.338 e. The number of pyridine rings is 1. The van der Waals surface area contributed by atoms with Crippen molar-refractivity contribution in [1.82, 2.24) is 24.7 Å². The standard InChI is InChI=1S/C50H55N9O12S6/c1-12-29-20-26(6)43(76(66,67)68)33(14-3)41(29)54-46-40(55-56-47-28(8)45(50(9,10)11)57-59(47)49-52-36-19-17-32(75(63,64)65)24-38(36)73-49)25(5)22-39(53-46)58(48-51-35-18-16-31(74(60,61)62)23-37(35)72-48)42-30(13-2)21-27(7)44(34(42)15-4)77(69,70)71/h16-24H,12-15H2,1-11H3,(H,53,54)(H,60,61,62)(H,63,64,65)(H,66,67,68)(H,69,70,71). The Morgan fingerprint density at radius 1 is 0.623 bits per heavy atom. The number of hydrogen-bond donors (Lipinski definition) is 5. The van der Waals surface area contributed by atoms with Gasteiger partial charge in [0.05, 0.1) is 41.6 Å². The lowest BCUT2D eigenvalue weighted by Crippen LogP contribution is -2.19. The van der Waals surface area contributed by atoms with E-state index in [-0.39, 0.29) is 83.3 Å². The van der Waals surface area contributed by atoms with Crippen molar-refractivity contribution in [2.45, 2.75) is 127 Å². The Morgan fingerprint density at radius 2 is 1.16 bits per heavy atom. The van der Waals surface area contributed by atoms with Gasteiger partial charge in [-0.3, -0.25) is 23.1 Å². The fourth-order valence-corrected chi connectivity index (χ4v) is 14.7. The predicted molar refractivity (Wildman–Crippen MR) is 297 cm³/mol. The van der Waals surface area contributed by atoms with Crippen LogP contribution in [0.2, 0.25) is 0 Å². The molecule has 21 nitrogen and oxygen atoms in total. The number of rotatable bonds is 16. The van der Waals surface area contributed by atoms with Crippen LogP contribution in [0.5, 0.6) is 0 Å². The Morgan fingerprint density at radius 3 is 1.68 bits per heavy atom. The van der Waals surface area contributed by atoms with Gasteiger partial charge in [-0.15, -0.1) is 10.2 Å². The molecule has 0 spiro atoms. The molecule has 408 valence electrons. The number of azo groups is 1. The van der Waals surface area contributed by atoms with Gasteiger partial charge in [-0.2, -0.15) is 43.5 Å². The van der Waals surface area contributed by atoms with E-state index in [2.05, 4.69) is 5.32 Å². The Labute approximate surface area is 454 Å². The fraction of sp³-hybridized carbons (Fsp3) is 0.320. The van der Waals surface area contributed by atoms with Gasteiger partial charge in [0.2, 0.25) is 5.13 Å². The van der Waals surface area contributed by atoms with Gasteiger partial charge < -0.3 is 5.32 Å².